The number of nitrogens with zero attached hydrogens (tertiary/aromatic N) is 2. The number of hydrogen-bond acceptors (Lipinski definition) is 6. The Morgan fingerprint density at radius 3 is 2.00 bits per heavy atom. The maximum atomic E-state index is 7.61. The van der Waals surface area contributed by atoms with Crippen molar-refractivity contribution in [1.29, 1.82) is 5.41 Å². The van der Waals surface area contributed by atoms with E-state index in [1.54, 1.807) is 13.0 Å². The van der Waals surface area contributed by atoms with Crippen LogP contribution in [-0.4, -0.2) is 29.9 Å². The molecule has 1 aromatic carbocycles. The van der Waals surface area contributed by atoms with Crippen LogP contribution in [0.3, 0.4) is 0 Å². The van der Waals surface area contributed by atoms with E-state index in [0.717, 1.165) is 0 Å². The van der Waals surface area contributed by atoms with Crippen LogP contribution in [0.2, 0.25) is 10.0 Å². The van der Waals surface area contributed by atoms with E-state index in [0.29, 0.717) is 22.6 Å². The Labute approximate surface area is 151 Å². The van der Waals surface area contributed by atoms with Crippen molar-refractivity contribution in [2.45, 2.75) is 20.8 Å². The van der Waals surface area contributed by atoms with Gasteiger partial charge in [-0.05, 0) is 6.92 Å². The Morgan fingerprint density at radius 1 is 1.12 bits per heavy atom. The average Bonchev–Trinajstić information content (AvgIpc) is 2.57. The van der Waals surface area contributed by atoms with Gasteiger partial charge in [-0.25, -0.2) is 9.97 Å². The molecule has 0 aliphatic carbocycles. The molecule has 0 spiro atoms. The van der Waals surface area contributed by atoms with Crippen LogP contribution in [-0.2, 0) is 0 Å². The number of rotatable bonds is 4. The number of ether oxygens (including phenoxy) is 2. The largest absolute Gasteiger partial charge is 0.495 e. The Hall–Kier alpha value is -2.05. The van der Waals surface area contributed by atoms with Crippen LogP contribution in [0.25, 0.3) is 11.4 Å². The van der Waals surface area contributed by atoms with Crippen molar-refractivity contribution in [2.75, 3.05) is 20.0 Å². The monoisotopic (exact) mass is 370 g/mol. The van der Waals surface area contributed by atoms with Crippen LogP contribution in [0.15, 0.2) is 12.3 Å². The second-order valence-electron chi connectivity index (χ2n) is 4.40. The number of anilines is 1. The first-order chi connectivity index (χ1) is 11.4. The lowest BCUT2D eigenvalue weighted by atomic mass is 10.1. The highest BCUT2D eigenvalue weighted by atomic mass is 35.5. The molecule has 8 heteroatoms. The molecule has 1 aromatic heterocycles. The molecule has 0 saturated heterocycles. The zero-order chi connectivity index (χ0) is 18.4. The number of halogens is 2. The van der Waals surface area contributed by atoms with Crippen molar-refractivity contribution in [3.05, 3.63) is 27.9 Å². The zero-order valence-electron chi connectivity index (χ0n) is 14.2. The molecule has 24 heavy (non-hydrogen) atoms. The van der Waals surface area contributed by atoms with Crippen molar-refractivity contribution < 1.29 is 9.47 Å². The van der Waals surface area contributed by atoms with Gasteiger partial charge in [-0.1, -0.05) is 37.0 Å². The molecule has 0 radical (unpaired) electrons. The van der Waals surface area contributed by atoms with Crippen LogP contribution >= 0.6 is 23.2 Å². The number of nitrogens with two attached hydrogens (primary N) is 1. The lowest BCUT2D eigenvalue weighted by molar-refractivity contribution is 0.395. The van der Waals surface area contributed by atoms with Gasteiger partial charge in [0.1, 0.15) is 17.3 Å². The van der Waals surface area contributed by atoms with E-state index >= 15 is 0 Å². The molecule has 0 unspecified atom stereocenters. The Kier molecular flexibility index (Phi) is 7.25. The lowest BCUT2D eigenvalue weighted by Gasteiger charge is -2.14. The minimum Gasteiger partial charge on any atom is -0.495 e. The van der Waals surface area contributed by atoms with E-state index < -0.39 is 0 Å². The van der Waals surface area contributed by atoms with Crippen LogP contribution in [0.1, 0.15) is 26.3 Å². The normalized spacial score (nSPS) is 9.79. The second kappa shape index (κ2) is 8.70. The summed E-state index contributed by atoms with van der Waals surface area (Å²) < 4.78 is 10.4. The van der Waals surface area contributed by atoms with Crippen molar-refractivity contribution in [3.8, 4) is 22.9 Å². The number of methoxy groups -OCH3 is 2. The molecule has 6 nitrogen and oxygen atoms in total. The first-order valence-electron chi connectivity index (χ1n) is 7.19. The molecule has 0 aliphatic heterocycles. The Balaban J connectivity index is 0.00000139. The van der Waals surface area contributed by atoms with Crippen LogP contribution in [0.5, 0.6) is 11.5 Å². The van der Waals surface area contributed by atoms with Crippen molar-refractivity contribution in [1.82, 2.24) is 9.97 Å². The first kappa shape index (κ1) is 20.0. The van der Waals surface area contributed by atoms with Gasteiger partial charge < -0.3 is 20.6 Å². The van der Waals surface area contributed by atoms with E-state index in [-0.39, 0.29) is 27.4 Å². The molecule has 130 valence electrons. The number of nitrogen functional groups attached to an aromatic ring is 1. The quantitative estimate of drug-likeness (QED) is 0.774. The molecule has 0 amide bonds. The molecule has 1 heterocycles. The van der Waals surface area contributed by atoms with Gasteiger partial charge in [0.05, 0.1) is 35.4 Å². The van der Waals surface area contributed by atoms with Crippen molar-refractivity contribution in [3.63, 3.8) is 0 Å². The summed E-state index contributed by atoms with van der Waals surface area (Å²) >= 11 is 12.6. The summed E-state index contributed by atoms with van der Waals surface area (Å²) in [7, 11) is 2.96. The van der Waals surface area contributed by atoms with Crippen LogP contribution in [0.4, 0.5) is 5.82 Å². The molecule has 3 N–H and O–H groups in total. The topological polar surface area (TPSA) is 94.1 Å². The molecule has 0 bridgehead atoms. The van der Waals surface area contributed by atoms with E-state index in [1.807, 2.05) is 13.8 Å². The van der Waals surface area contributed by atoms with Gasteiger partial charge in [0.25, 0.3) is 0 Å². The number of benzene rings is 1. The standard InChI is InChI=1S/C14H14Cl2N4O2.C2H6/c1-6(17)7-5-19-14(20-13(7)18)10-11(15)8(21-2)4-9(22-3)12(10)16;1-2/h4-5,17H,1-3H3,(H2,18,19,20);1-2H3. The molecular weight excluding hydrogens is 351 g/mol. The predicted octanol–water partition coefficient (Wildman–Crippen LogP) is 4.46. The average molecular weight is 371 g/mol. The summed E-state index contributed by atoms with van der Waals surface area (Å²) in [5, 5.41) is 8.12. The van der Waals surface area contributed by atoms with E-state index in [2.05, 4.69) is 9.97 Å². The smallest absolute Gasteiger partial charge is 0.164 e. The third-order valence-electron chi connectivity index (χ3n) is 3.02. The molecule has 2 rings (SSSR count). The first-order valence-corrected chi connectivity index (χ1v) is 7.94. The molecule has 0 aliphatic rings. The highest BCUT2D eigenvalue weighted by molar-refractivity contribution is 6.40. The third kappa shape index (κ3) is 3.88. The van der Waals surface area contributed by atoms with Gasteiger partial charge in [0.2, 0.25) is 0 Å². The van der Waals surface area contributed by atoms with Crippen LogP contribution in [0, 0.1) is 5.41 Å². The second-order valence-corrected chi connectivity index (χ2v) is 5.16. The summed E-state index contributed by atoms with van der Waals surface area (Å²) in [4.78, 5) is 8.37. The summed E-state index contributed by atoms with van der Waals surface area (Å²) in [5.74, 6) is 1.17. The minimum absolute atomic E-state index is 0.173. The molecule has 0 saturated carbocycles. The fourth-order valence-electron chi connectivity index (χ4n) is 1.89. The lowest BCUT2D eigenvalue weighted by Crippen LogP contribution is -2.05. The molecule has 0 atom stereocenters. The SMILES string of the molecule is CC.COc1cc(OC)c(Cl)c(-c2ncc(C(C)=N)c(N)n2)c1Cl. The number of nitrogens with one attached hydrogen (secondary N) is 1. The van der Waals surface area contributed by atoms with E-state index in [1.165, 1.54) is 20.4 Å². The van der Waals surface area contributed by atoms with Crippen molar-refractivity contribution >= 4 is 34.7 Å². The maximum Gasteiger partial charge on any atom is 0.164 e. The Morgan fingerprint density at radius 2 is 1.62 bits per heavy atom. The van der Waals surface area contributed by atoms with Crippen LogP contribution < -0.4 is 15.2 Å². The molecule has 2 aromatic rings. The summed E-state index contributed by atoms with van der Waals surface area (Å²) in [6.45, 7) is 5.60. The predicted molar refractivity (Wildman–Crippen MR) is 98.9 cm³/mol. The van der Waals surface area contributed by atoms with Gasteiger partial charge in [0.15, 0.2) is 5.82 Å². The third-order valence-corrected chi connectivity index (χ3v) is 3.77. The summed E-state index contributed by atoms with van der Waals surface area (Å²) in [5.41, 5.74) is 6.94. The van der Waals surface area contributed by atoms with Gasteiger partial charge >= 0.3 is 0 Å². The van der Waals surface area contributed by atoms with Gasteiger partial charge in [-0.2, -0.15) is 0 Å². The molecule has 0 fully saturated rings. The highest BCUT2D eigenvalue weighted by Gasteiger charge is 2.21. The number of hydrogen-bond donors (Lipinski definition) is 2. The summed E-state index contributed by atoms with van der Waals surface area (Å²) in [6, 6.07) is 1.58. The number of aromatic nitrogens is 2. The van der Waals surface area contributed by atoms with Gasteiger partial charge in [-0.15, -0.1) is 0 Å². The highest BCUT2D eigenvalue weighted by Crippen LogP contribution is 2.44. The summed E-state index contributed by atoms with van der Waals surface area (Å²) in [6.07, 6.45) is 1.46. The molecular formula is C16H20Cl2N4O2. The van der Waals surface area contributed by atoms with Gasteiger partial charge in [-0.3, -0.25) is 0 Å². The zero-order valence-corrected chi connectivity index (χ0v) is 15.7. The minimum atomic E-state index is 0.173. The fraction of sp³-hybridized carbons (Fsp3) is 0.312. The Bertz CT molecular complexity index is 723. The van der Waals surface area contributed by atoms with Crippen molar-refractivity contribution in [2.24, 2.45) is 0 Å². The van der Waals surface area contributed by atoms with Gasteiger partial charge in [0, 0.05) is 18.0 Å². The van der Waals surface area contributed by atoms with E-state index in [9.17, 15) is 0 Å². The maximum absolute atomic E-state index is 7.61. The van der Waals surface area contributed by atoms with E-state index in [4.69, 9.17) is 43.8 Å². The fourth-order valence-corrected chi connectivity index (χ4v) is 2.56.